The van der Waals surface area contributed by atoms with E-state index in [-0.39, 0.29) is 28.6 Å². The Morgan fingerprint density at radius 3 is 2.06 bits per heavy atom. The fourth-order valence-corrected chi connectivity index (χ4v) is 3.74. The van der Waals surface area contributed by atoms with Crippen molar-refractivity contribution in [3.05, 3.63) is 77.3 Å². The maximum absolute atomic E-state index is 14.7. The Balaban J connectivity index is 1.40. The van der Waals surface area contributed by atoms with Gasteiger partial charge in [0.15, 0.2) is 11.8 Å². The Kier molecular flexibility index (Phi) is 5.55. The molecule has 12 heteroatoms. The quantitative estimate of drug-likeness (QED) is 0.373. The zero-order chi connectivity index (χ0) is 25.6. The summed E-state index contributed by atoms with van der Waals surface area (Å²) in [6.07, 6.45) is 4.58. The lowest BCUT2D eigenvalue weighted by atomic mass is 10.1. The van der Waals surface area contributed by atoms with E-state index in [2.05, 4.69) is 30.6 Å². The summed E-state index contributed by atoms with van der Waals surface area (Å²) in [4.78, 5) is 41.8. The lowest BCUT2D eigenvalue weighted by Gasteiger charge is -2.06. The average molecular weight is 489 g/mol. The van der Waals surface area contributed by atoms with Crippen LogP contribution < -0.4 is 10.6 Å². The van der Waals surface area contributed by atoms with Crippen LogP contribution in [-0.4, -0.2) is 36.2 Å². The number of hydrogen-bond acceptors (Lipinski definition) is 8. The van der Waals surface area contributed by atoms with E-state index in [1.807, 2.05) is 0 Å². The van der Waals surface area contributed by atoms with Gasteiger partial charge in [-0.25, -0.2) is 24.3 Å². The molecular formula is C24H20FN7O4. The minimum atomic E-state index is -0.534. The molecule has 0 aliphatic rings. The van der Waals surface area contributed by atoms with Crippen molar-refractivity contribution >= 4 is 29.0 Å². The predicted molar refractivity (Wildman–Crippen MR) is 126 cm³/mol. The topological polar surface area (TPSA) is 140 Å². The summed E-state index contributed by atoms with van der Waals surface area (Å²) in [7, 11) is 0. The van der Waals surface area contributed by atoms with Crippen LogP contribution in [0.25, 0.3) is 17.0 Å². The number of benzene rings is 1. The Hall–Kier alpha value is -4.87. The van der Waals surface area contributed by atoms with Gasteiger partial charge in [-0.2, -0.15) is 0 Å². The molecule has 0 saturated carbocycles. The third kappa shape index (κ3) is 4.31. The van der Waals surface area contributed by atoms with E-state index in [1.165, 1.54) is 24.4 Å². The average Bonchev–Trinajstić information content (AvgIpc) is 3.50. The Bertz CT molecular complexity index is 1650. The molecule has 5 aromatic rings. The molecule has 0 unspecified atom stereocenters. The zero-order valence-corrected chi connectivity index (χ0v) is 19.7. The maximum atomic E-state index is 14.7. The standard InChI is InChI=1S/C24H20FN7O4/c1-11-20(35-13(3)27-11)22(33)29-15-5-6-18(25)17(7-15)19-10-32-9-16(8-26-24(32)31-19)30-23(34)21-12(2)28-14(4)36-21/h5-10H,1-4H3,(H,29,33)(H,30,34). The Morgan fingerprint density at radius 2 is 1.47 bits per heavy atom. The van der Waals surface area contributed by atoms with Crippen molar-refractivity contribution < 1.29 is 22.8 Å². The van der Waals surface area contributed by atoms with Gasteiger partial charge < -0.3 is 19.5 Å². The van der Waals surface area contributed by atoms with E-state index >= 15 is 0 Å². The van der Waals surface area contributed by atoms with Crippen LogP contribution in [0.2, 0.25) is 0 Å². The van der Waals surface area contributed by atoms with Crippen LogP contribution in [0.5, 0.6) is 0 Å². The second kappa shape index (κ2) is 8.73. The van der Waals surface area contributed by atoms with Crippen molar-refractivity contribution in [2.24, 2.45) is 0 Å². The van der Waals surface area contributed by atoms with Crippen molar-refractivity contribution in [1.29, 1.82) is 0 Å². The second-order valence-corrected chi connectivity index (χ2v) is 8.07. The summed E-state index contributed by atoms with van der Waals surface area (Å²) in [5.74, 6) is -0.269. The molecule has 36 heavy (non-hydrogen) atoms. The number of halogens is 1. The van der Waals surface area contributed by atoms with Crippen LogP contribution in [-0.2, 0) is 0 Å². The first kappa shape index (κ1) is 22.9. The van der Waals surface area contributed by atoms with Crippen molar-refractivity contribution in [3.63, 3.8) is 0 Å². The molecule has 0 aliphatic heterocycles. The van der Waals surface area contributed by atoms with E-state index in [0.717, 1.165) is 0 Å². The van der Waals surface area contributed by atoms with Gasteiger partial charge in [-0.15, -0.1) is 0 Å². The van der Waals surface area contributed by atoms with Crippen LogP contribution in [0.4, 0.5) is 15.8 Å². The maximum Gasteiger partial charge on any atom is 0.293 e. The molecule has 0 spiro atoms. The molecule has 0 bridgehead atoms. The smallest absolute Gasteiger partial charge is 0.293 e. The Morgan fingerprint density at radius 1 is 0.861 bits per heavy atom. The first-order valence-electron chi connectivity index (χ1n) is 10.8. The van der Waals surface area contributed by atoms with Crippen LogP contribution in [0.15, 0.2) is 45.6 Å². The van der Waals surface area contributed by atoms with Crippen LogP contribution >= 0.6 is 0 Å². The minimum absolute atomic E-state index is 0.0839. The van der Waals surface area contributed by atoms with Gasteiger partial charge in [0.1, 0.15) is 5.82 Å². The van der Waals surface area contributed by atoms with Crippen molar-refractivity contribution in [2.75, 3.05) is 10.6 Å². The van der Waals surface area contributed by atoms with Gasteiger partial charge in [0.25, 0.3) is 11.8 Å². The third-order valence-electron chi connectivity index (χ3n) is 5.29. The van der Waals surface area contributed by atoms with Crippen molar-refractivity contribution in [3.8, 4) is 11.3 Å². The van der Waals surface area contributed by atoms with Crippen LogP contribution in [0, 0.1) is 33.5 Å². The van der Waals surface area contributed by atoms with Gasteiger partial charge in [0, 0.05) is 37.5 Å². The number of fused-ring (bicyclic) bond motifs is 1. The molecule has 2 N–H and O–H groups in total. The summed E-state index contributed by atoms with van der Waals surface area (Å²) in [6, 6.07) is 4.13. The summed E-state index contributed by atoms with van der Waals surface area (Å²) >= 11 is 0. The molecule has 182 valence electrons. The summed E-state index contributed by atoms with van der Waals surface area (Å²) in [5, 5.41) is 5.38. The minimum Gasteiger partial charge on any atom is -0.436 e. The van der Waals surface area contributed by atoms with E-state index < -0.39 is 17.6 Å². The van der Waals surface area contributed by atoms with E-state index in [1.54, 1.807) is 44.5 Å². The van der Waals surface area contributed by atoms with Gasteiger partial charge in [0.2, 0.25) is 17.3 Å². The number of nitrogens with one attached hydrogen (secondary N) is 2. The molecule has 11 nitrogen and oxygen atoms in total. The van der Waals surface area contributed by atoms with E-state index in [9.17, 15) is 14.0 Å². The highest BCUT2D eigenvalue weighted by atomic mass is 19.1. The highest BCUT2D eigenvalue weighted by Gasteiger charge is 2.19. The molecule has 4 aromatic heterocycles. The molecule has 0 atom stereocenters. The molecular weight excluding hydrogens is 469 g/mol. The highest BCUT2D eigenvalue weighted by Crippen LogP contribution is 2.26. The first-order chi connectivity index (χ1) is 17.2. The fourth-order valence-electron chi connectivity index (χ4n) is 3.74. The number of nitrogens with zero attached hydrogens (tertiary/aromatic N) is 5. The number of anilines is 2. The lowest BCUT2D eigenvalue weighted by molar-refractivity contribution is 0.0987. The molecule has 1 aromatic carbocycles. The van der Waals surface area contributed by atoms with Crippen LogP contribution in [0.1, 0.15) is 44.3 Å². The summed E-state index contributed by atoms with van der Waals surface area (Å²) < 4.78 is 26.9. The summed E-state index contributed by atoms with van der Waals surface area (Å²) in [6.45, 7) is 6.63. The first-order valence-corrected chi connectivity index (χ1v) is 10.8. The second-order valence-electron chi connectivity index (χ2n) is 8.07. The fraction of sp³-hybridized carbons (Fsp3) is 0.167. The van der Waals surface area contributed by atoms with Crippen molar-refractivity contribution in [2.45, 2.75) is 27.7 Å². The molecule has 0 saturated heterocycles. The zero-order valence-electron chi connectivity index (χ0n) is 19.7. The SMILES string of the molecule is Cc1nc(C)c(C(=O)Nc2ccc(F)c(-c3cn4cc(NC(=O)c5oc(C)nc5C)cnc4n3)c2)o1. The number of carbonyl (C=O) groups is 2. The van der Waals surface area contributed by atoms with Gasteiger partial charge in [-0.3, -0.25) is 14.0 Å². The highest BCUT2D eigenvalue weighted by molar-refractivity contribution is 6.03. The Labute approximate surface area is 203 Å². The molecule has 0 aliphatic carbocycles. The van der Waals surface area contributed by atoms with Gasteiger partial charge >= 0.3 is 0 Å². The summed E-state index contributed by atoms with van der Waals surface area (Å²) in [5.41, 5.74) is 2.09. The predicted octanol–water partition coefficient (Wildman–Crippen LogP) is 4.25. The van der Waals surface area contributed by atoms with Gasteiger partial charge in [0.05, 0.1) is 29.0 Å². The number of aromatic nitrogens is 5. The number of aryl methyl sites for hydroxylation is 4. The molecule has 0 fully saturated rings. The number of imidazole rings is 1. The van der Waals surface area contributed by atoms with Crippen molar-refractivity contribution in [1.82, 2.24) is 24.3 Å². The largest absolute Gasteiger partial charge is 0.436 e. The van der Waals surface area contributed by atoms with E-state index in [0.29, 0.717) is 34.5 Å². The number of carbonyl (C=O) groups excluding carboxylic acids is 2. The lowest BCUT2D eigenvalue weighted by Crippen LogP contribution is -2.13. The van der Waals surface area contributed by atoms with Crippen LogP contribution in [0.3, 0.4) is 0 Å². The number of rotatable bonds is 5. The third-order valence-corrected chi connectivity index (χ3v) is 5.29. The molecule has 0 radical (unpaired) electrons. The molecule has 5 rings (SSSR count). The number of oxazole rings is 2. The van der Waals surface area contributed by atoms with E-state index in [4.69, 9.17) is 8.83 Å². The number of amides is 2. The molecule has 4 heterocycles. The number of hydrogen-bond donors (Lipinski definition) is 2. The normalized spacial score (nSPS) is 11.1. The molecule has 2 amide bonds. The monoisotopic (exact) mass is 489 g/mol. The van der Waals surface area contributed by atoms with Gasteiger partial charge in [-0.05, 0) is 32.0 Å². The van der Waals surface area contributed by atoms with Gasteiger partial charge in [-0.1, -0.05) is 0 Å².